The van der Waals surface area contributed by atoms with Crippen LogP contribution in [-0.4, -0.2) is 45.6 Å². The number of aryl methyl sites for hydroxylation is 2. The third kappa shape index (κ3) is 6.84. The van der Waals surface area contributed by atoms with Crippen LogP contribution in [-0.2, 0) is 14.3 Å². The van der Waals surface area contributed by atoms with E-state index in [4.69, 9.17) is 23.7 Å². The number of methoxy groups -OCH3 is 1. The second kappa shape index (κ2) is 12.9. The predicted octanol–water partition coefficient (Wildman–Crippen LogP) is 7.18. The van der Waals surface area contributed by atoms with Crippen molar-refractivity contribution in [2.75, 3.05) is 33.5 Å². The molecule has 0 N–H and O–H groups in total. The second-order valence-electron chi connectivity index (χ2n) is 11.2. The summed E-state index contributed by atoms with van der Waals surface area (Å²) in [7, 11) is 1.38. The minimum atomic E-state index is -0.512. The van der Waals surface area contributed by atoms with E-state index in [1.165, 1.54) is 13.2 Å². The van der Waals surface area contributed by atoms with Gasteiger partial charge in [0.05, 0.1) is 33.4 Å². The number of esters is 1. The molecule has 0 radical (unpaired) electrons. The molecule has 2 heterocycles. The normalized spacial score (nSPS) is 25.0. The zero-order chi connectivity index (χ0) is 28.9. The van der Waals surface area contributed by atoms with E-state index in [0.717, 1.165) is 66.1 Å². The molecule has 3 atom stereocenters. The fourth-order valence-corrected chi connectivity index (χ4v) is 5.90. The van der Waals surface area contributed by atoms with Crippen LogP contribution in [0.3, 0.4) is 0 Å². The van der Waals surface area contributed by atoms with Crippen LogP contribution < -0.4 is 14.2 Å². The molecule has 0 bridgehead atoms. The Hall–Kier alpha value is -3.58. The summed E-state index contributed by atoms with van der Waals surface area (Å²) in [6, 6.07) is 9.72. The lowest BCUT2D eigenvalue weighted by molar-refractivity contribution is -0.141. The fourth-order valence-electron chi connectivity index (χ4n) is 5.90. The van der Waals surface area contributed by atoms with Crippen molar-refractivity contribution in [3.63, 3.8) is 0 Å². The third-order valence-corrected chi connectivity index (χ3v) is 8.16. The van der Waals surface area contributed by atoms with E-state index in [-0.39, 0.29) is 24.1 Å². The highest BCUT2D eigenvalue weighted by Gasteiger charge is 2.28. The molecule has 2 aromatic rings. The number of rotatable bonds is 8. The van der Waals surface area contributed by atoms with Crippen molar-refractivity contribution in [3.8, 4) is 17.2 Å². The van der Waals surface area contributed by atoms with E-state index in [1.54, 1.807) is 0 Å². The molecule has 1 unspecified atom stereocenters. The lowest BCUT2D eigenvalue weighted by Crippen LogP contribution is -2.19. The Balaban J connectivity index is 1.26. The molecule has 1 aliphatic carbocycles. The van der Waals surface area contributed by atoms with Gasteiger partial charge in [-0.25, -0.2) is 4.39 Å². The lowest BCUT2D eigenvalue weighted by Gasteiger charge is -2.21. The summed E-state index contributed by atoms with van der Waals surface area (Å²) in [5.74, 6) is 1.85. The predicted molar refractivity (Wildman–Crippen MR) is 156 cm³/mol. The molecule has 0 aromatic heterocycles. The molecule has 3 aliphatic rings. The molecule has 1 fully saturated rings. The molecule has 41 heavy (non-hydrogen) atoms. The van der Waals surface area contributed by atoms with E-state index >= 15 is 4.39 Å². The van der Waals surface area contributed by atoms with Gasteiger partial charge in [-0.1, -0.05) is 18.7 Å². The topological polar surface area (TPSA) is 63.2 Å². The number of fused-ring (bicyclic) bond motifs is 1. The van der Waals surface area contributed by atoms with Gasteiger partial charge >= 0.3 is 5.97 Å². The van der Waals surface area contributed by atoms with Gasteiger partial charge in [0, 0.05) is 35.6 Å². The van der Waals surface area contributed by atoms with Gasteiger partial charge in [-0.15, -0.1) is 0 Å². The zero-order valence-electron chi connectivity index (χ0n) is 24.2. The monoisotopic (exact) mass is 562 g/mol. The first-order valence-electron chi connectivity index (χ1n) is 14.4. The van der Waals surface area contributed by atoms with Crippen LogP contribution in [0.2, 0.25) is 0 Å². The van der Waals surface area contributed by atoms with E-state index in [9.17, 15) is 4.79 Å². The van der Waals surface area contributed by atoms with Crippen molar-refractivity contribution in [1.82, 2.24) is 0 Å². The van der Waals surface area contributed by atoms with Crippen molar-refractivity contribution >= 4 is 11.5 Å². The smallest absolute Gasteiger partial charge is 0.306 e. The minimum absolute atomic E-state index is 0.0503. The molecule has 2 aromatic carbocycles. The molecular formula is C34H39FO6. The Kier molecular flexibility index (Phi) is 9.13. The average molecular weight is 563 g/mol. The van der Waals surface area contributed by atoms with Gasteiger partial charge < -0.3 is 23.7 Å². The summed E-state index contributed by atoms with van der Waals surface area (Å²) < 4.78 is 43.7. The number of hydrogen-bond acceptors (Lipinski definition) is 6. The van der Waals surface area contributed by atoms with Crippen LogP contribution in [0, 0.1) is 19.8 Å². The molecule has 7 heteroatoms. The van der Waals surface area contributed by atoms with Crippen molar-refractivity contribution in [3.05, 3.63) is 82.7 Å². The number of carbonyl (C=O) groups excluding carboxylic acids is 1. The van der Waals surface area contributed by atoms with Crippen molar-refractivity contribution < 1.29 is 32.9 Å². The maximum atomic E-state index is 15.3. The minimum Gasteiger partial charge on any atom is -0.493 e. The van der Waals surface area contributed by atoms with E-state index < -0.39 is 6.10 Å². The number of ether oxygens (including phenoxy) is 5. The average Bonchev–Trinajstić information content (AvgIpc) is 3.63. The molecule has 2 aliphatic heterocycles. The molecular weight excluding hydrogens is 523 g/mol. The largest absolute Gasteiger partial charge is 0.493 e. The van der Waals surface area contributed by atoms with Crippen LogP contribution in [0.1, 0.15) is 60.3 Å². The maximum absolute atomic E-state index is 15.3. The Morgan fingerprint density at radius 2 is 1.88 bits per heavy atom. The second-order valence-corrected chi connectivity index (χ2v) is 11.2. The summed E-state index contributed by atoms with van der Waals surface area (Å²) in [4.78, 5) is 11.7. The number of halogens is 1. The number of hydrogen-bond donors (Lipinski definition) is 0. The summed E-state index contributed by atoms with van der Waals surface area (Å²) in [5, 5.41) is 0. The summed E-state index contributed by atoms with van der Waals surface area (Å²) in [5.41, 5.74) is 5.70. The summed E-state index contributed by atoms with van der Waals surface area (Å²) in [6.45, 7) is 10.8. The number of allylic oxidation sites excluding steroid dienone is 3. The van der Waals surface area contributed by atoms with Gasteiger partial charge in [-0.3, -0.25) is 4.79 Å². The standard InChI is InChI=1S/C34H39FO6/c1-21-14-28(39-19-24-12-13-38-18-24)15-22(2)34(21)25-6-5-7-31(23(3)30(35)11-8-25)41-27-9-10-29-26(16-33(36)37-4)20-40-32(29)17-27/h8-11,14-15,17,24,26,31H,3,5-7,12-13,16,18-20H2,1-2,4H3/b25-8+,30-11+/t24?,26-,31-/m1/s1. The SMILES string of the molecule is C=C1/C(F)=C\C=C(\c2c(C)cc(OCC3CCOC3)cc2C)CCC[C@H]1Oc1ccc2c(c1)OC[C@H]2CC(=O)OC. The first-order valence-corrected chi connectivity index (χ1v) is 14.4. The van der Waals surface area contributed by atoms with Crippen molar-refractivity contribution in [2.45, 2.75) is 58.0 Å². The Bertz CT molecular complexity index is 1330. The van der Waals surface area contributed by atoms with E-state index in [2.05, 4.69) is 32.6 Å². The van der Waals surface area contributed by atoms with Crippen LogP contribution in [0.5, 0.6) is 17.2 Å². The molecule has 0 spiro atoms. The van der Waals surface area contributed by atoms with Crippen molar-refractivity contribution in [1.29, 1.82) is 0 Å². The number of carbonyl (C=O) groups is 1. The molecule has 1 saturated heterocycles. The lowest BCUT2D eigenvalue weighted by atomic mass is 9.91. The highest BCUT2D eigenvalue weighted by atomic mass is 19.1. The molecule has 5 rings (SSSR count). The van der Waals surface area contributed by atoms with Crippen LogP contribution in [0.25, 0.3) is 5.57 Å². The van der Waals surface area contributed by atoms with E-state index in [1.807, 2.05) is 24.3 Å². The summed E-state index contributed by atoms with van der Waals surface area (Å²) in [6.07, 6.45) is 6.36. The van der Waals surface area contributed by atoms with Gasteiger partial charge in [0.1, 0.15) is 29.2 Å². The van der Waals surface area contributed by atoms with Crippen LogP contribution in [0.15, 0.2) is 60.5 Å². The first-order chi connectivity index (χ1) is 19.8. The quantitative estimate of drug-likeness (QED) is 0.318. The molecule has 6 nitrogen and oxygen atoms in total. The van der Waals surface area contributed by atoms with E-state index in [0.29, 0.717) is 42.6 Å². The summed E-state index contributed by atoms with van der Waals surface area (Å²) >= 11 is 0. The molecule has 0 amide bonds. The van der Waals surface area contributed by atoms with Gasteiger partial charge in [-0.05, 0) is 86.1 Å². The Morgan fingerprint density at radius 1 is 1.07 bits per heavy atom. The maximum Gasteiger partial charge on any atom is 0.306 e. The zero-order valence-corrected chi connectivity index (χ0v) is 24.2. The highest BCUT2D eigenvalue weighted by Crippen LogP contribution is 2.40. The first kappa shape index (κ1) is 28.9. The fraction of sp³-hybridized carbons (Fsp3) is 0.441. The van der Waals surface area contributed by atoms with Crippen LogP contribution >= 0.6 is 0 Å². The van der Waals surface area contributed by atoms with Gasteiger partial charge in [0.25, 0.3) is 0 Å². The van der Waals surface area contributed by atoms with Crippen LogP contribution in [0.4, 0.5) is 4.39 Å². The third-order valence-electron chi connectivity index (χ3n) is 8.16. The Labute approximate surface area is 241 Å². The molecule has 218 valence electrons. The van der Waals surface area contributed by atoms with Gasteiger partial charge in [0.2, 0.25) is 0 Å². The van der Waals surface area contributed by atoms with Gasteiger partial charge in [0.15, 0.2) is 0 Å². The Morgan fingerprint density at radius 3 is 2.61 bits per heavy atom. The molecule has 0 saturated carbocycles. The highest BCUT2D eigenvalue weighted by molar-refractivity contribution is 5.73. The number of benzene rings is 2. The van der Waals surface area contributed by atoms with Gasteiger partial charge in [-0.2, -0.15) is 0 Å². The van der Waals surface area contributed by atoms with Crippen molar-refractivity contribution in [2.24, 2.45) is 5.92 Å².